The number of thiophene rings is 1. The van der Waals surface area contributed by atoms with Crippen molar-refractivity contribution in [2.45, 2.75) is 6.54 Å². The van der Waals surface area contributed by atoms with Crippen molar-refractivity contribution in [3.05, 3.63) is 47.0 Å². The van der Waals surface area contributed by atoms with Gasteiger partial charge in [0.05, 0.1) is 6.54 Å². The standard InChI is InChI=1S/C13H12N4OS/c14-11-5-6-19-12(11)7-15-10-3-1-9(2-4-10)13-17-16-8-18-13/h1-6,8,15H,7,14H2. The Balaban J connectivity index is 1.68. The maximum absolute atomic E-state index is 5.84. The van der Waals surface area contributed by atoms with E-state index in [1.807, 2.05) is 35.7 Å². The highest BCUT2D eigenvalue weighted by Gasteiger charge is 2.04. The van der Waals surface area contributed by atoms with Crippen molar-refractivity contribution in [3.63, 3.8) is 0 Å². The lowest BCUT2D eigenvalue weighted by atomic mass is 10.2. The molecule has 5 nitrogen and oxygen atoms in total. The fraction of sp³-hybridized carbons (Fsp3) is 0.0769. The van der Waals surface area contributed by atoms with Crippen molar-refractivity contribution in [1.82, 2.24) is 10.2 Å². The summed E-state index contributed by atoms with van der Waals surface area (Å²) < 4.78 is 5.14. The minimum atomic E-state index is 0.522. The highest BCUT2D eigenvalue weighted by Crippen LogP contribution is 2.22. The predicted molar refractivity (Wildman–Crippen MR) is 75.8 cm³/mol. The molecule has 0 bridgehead atoms. The van der Waals surface area contributed by atoms with Crippen LogP contribution in [0.25, 0.3) is 11.5 Å². The topological polar surface area (TPSA) is 77.0 Å². The van der Waals surface area contributed by atoms with E-state index >= 15 is 0 Å². The quantitative estimate of drug-likeness (QED) is 0.763. The van der Waals surface area contributed by atoms with Crippen LogP contribution in [-0.4, -0.2) is 10.2 Å². The summed E-state index contributed by atoms with van der Waals surface area (Å²) in [7, 11) is 0. The van der Waals surface area contributed by atoms with Gasteiger partial charge in [-0.3, -0.25) is 0 Å². The Morgan fingerprint density at radius 1 is 1.21 bits per heavy atom. The Labute approximate surface area is 114 Å². The number of hydrogen-bond donors (Lipinski definition) is 2. The highest BCUT2D eigenvalue weighted by atomic mass is 32.1. The average molecular weight is 272 g/mol. The van der Waals surface area contributed by atoms with E-state index in [1.165, 1.54) is 6.39 Å². The first-order valence-electron chi connectivity index (χ1n) is 5.75. The van der Waals surface area contributed by atoms with Gasteiger partial charge >= 0.3 is 0 Å². The number of nitrogen functional groups attached to an aromatic ring is 1. The molecule has 0 aliphatic rings. The number of nitrogens with one attached hydrogen (secondary N) is 1. The normalized spacial score (nSPS) is 10.5. The highest BCUT2D eigenvalue weighted by molar-refractivity contribution is 7.10. The van der Waals surface area contributed by atoms with Crippen LogP contribution in [0.2, 0.25) is 0 Å². The van der Waals surface area contributed by atoms with Gasteiger partial charge in [0.15, 0.2) is 0 Å². The molecule has 1 aromatic carbocycles. The summed E-state index contributed by atoms with van der Waals surface area (Å²) in [5.74, 6) is 0.522. The molecule has 2 aromatic heterocycles. The number of hydrogen-bond acceptors (Lipinski definition) is 6. The van der Waals surface area contributed by atoms with Crippen LogP contribution in [0.4, 0.5) is 11.4 Å². The van der Waals surface area contributed by atoms with Crippen molar-refractivity contribution < 1.29 is 4.42 Å². The van der Waals surface area contributed by atoms with Crippen molar-refractivity contribution in [3.8, 4) is 11.5 Å². The monoisotopic (exact) mass is 272 g/mol. The zero-order chi connectivity index (χ0) is 13.1. The van der Waals surface area contributed by atoms with Gasteiger partial charge in [0, 0.05) is 21.8 Å². The van der Waals surface area contributed by atoms with E-state index in [-0.39, 0.29) is 0 Å². The van der Waals surface area contributed by atoms with Crippen LogP contribution in [-0.2, 0) is 6.54 Å². The van der Waals surface area contributed by atoms with Crippen LogP contribution in [0.1, 0.15) is 4.88 Å². The van der Waals surface area contributed by atoms with Gasteiger partial charge in [-0.2, -0.15) is 0 Å². The summed E-state index contributed by atoms with van der Waals surface area (Å²) in [6, 6.07) is 9.74. The molecule has 96 valence electrons. The van der Waals surface area contributed by atoms with Gasteiger partial charge < -0.3 is 15.5 Å². The summed E-state index contributed by atoms with van der Waals surface area (Å²) >= 11 is 1.65. The van der Waals surface area contributed by atoms with Crippen LogP contribution in [0.5, 0.6) is 0 Å². The average Bonchev–Trinajstić information content (AvgIpc) is 3.09. The zero-order valence-electron chi connectivity index (χ0n) is 10.0. The SMILES string of the molecule is Nc1ccsc1CNc1ccc(-c2nnco2)cc1. The lowest BCUT2D eigenvalue weighted by Gasteiger charge is -2.06. The first kappa shape index (κ1) is 11.7. The van der Waals surface area contributed by atoms with E-state index in [0.717, 1.165) is 28.4 Å². The van der Waals surface area contributed by atoms with Crippen LogP contribution in [0.15, 0.2) is 46.5 Å². The molecule has 0 saturated carbocycles. The van der Waals surface area contributed by atoms with Gasteiger partial charge in [-0.15, -0.1) is 21.5 Å². The van der Waals surface area contributed by atoms with E-state index in [1.54, 1.807) is 11.3 Å². The van der Waals surface area contributed by atoms with E-state index < -0.39 is 0 Å². The smallest absolute Gasteiger partial charge is 0.247 e. The second-order valence-electron chi connectivity index (χ2n) is 3.97. The molecular formula is C13H12N4OS. The number of nitrogens with two attached hydrogens (primary N) is 1. The van der Waals surface area contributed by atoms with Crippen LogP contribution < -0.4 is 11.1 Å². The largest absolute Gasteiger partial charge is 0.423 e. The summed E-state index contributed by atoms with van der Waals surface area (Å²) in [4.78, 5) is 1.14. The number of aromatic nitrogens is 2. The Bertz CT molecular complexity index is 646. The summed E-state index contributed by atoms with van der Waals surface area (Å²) in [5.41, 5.74) is 8.59. The van der Waals surface area contributed by atoms with Crippen molar-refractivity contribution in [2.24, 2.45) is 0 Å². The molecule has 19 heavy (non-hydrogen) atoms. The van der Waals surface area contributed by atoms with E-state index in [4.69, 9.17) is 10.2 Å². The van der Waals surface area contributed by atoms with Crippen molar-refractivity contribution in [1.29, 1.82) is 0 Å². The first-order chi connectivity index (χ1) is 9.33. The van der Waals surface area contributed by atoms with Gasteiger partial charge in [0.25, 0.3) is 0 Å². The maximum Gasteiger partial charge on any atom is 0.247 e. The number of rotatable bonds is 4. The number of benzene rings is 1. The number of anilines is 2. The van der Waals surface area contributed by atoms with Crippen LogP contribution in [0.3, 0.4) is 0 Å². The summed E-state index contributed by atoms with van der Waals surface area (Å²) in [6.45, 7) is 0.726. The molecule has 0 unspecified atom stereocenters. The molecule has 0 aliphatic heterocycles. The van der Waals surface area contributed by atoms with Gasteiger partial charge in [-0.1, -0.05) is 0 Å². The summed E-state index contributed by atoms with van der Waals surface area (Å²) in [6.07, 6.45) is 1.32. The maximum atomic E-state index is 5.84. The molecule has 0 spiro atoms. The van der Waals surface area contributed by atoms with Crippen molar-refractivity contribution in [2.75, 3.05) is 11.1 Å². The predicted octanol–water partition coefficient (Wildman–Crippen LogP) is 2.99. The minimum Gasteiger partial charge on any atom is -0.423 e. The minimum absolute atomic E-state index is 0.522. The molecule has 0 radical (unpaired) electrons. The fourth-order valence-corrected chi connectivity index (χ4v) is 2.44. The lowest BCUT2D eigenvalue weighted by Crippen LogP contribution is -1.99. The van der Waals surface area contributed by atoms with Crippen LogP contribution in [0, 0.1) is 0 Å². The third-order valence-electron chi connectivity index (χ3n) is 2.72. The Hall–Kier alpha value is -2.34. The molecule has 0 fully saturated rings. The van der Waals surface area contributed by atoms with Gasteiger partial charge in [0.2, 0.25) is 12.3 Å². The fourth-order valence-electron chi connectivity index (χ4n) is 1.71. The van der Waals surface area contributed by atoms with E-state index in [9.17, 15) is 0 Å². The van der Waals surface area contributed by atoms with Crippen molar-refractivity contribution >= 4 is 22.7 Å². The molecule has 0 amide bonds. The lowest BCUT2D eigenvalue weighted by molar-refractivity contribution is 0.568. The molecule has 3 rings (SSSR count). The third kappa shape index (κ3) is 2.58. The molecule has 3 aromatic rings. The molecule has 0 atom stereocenters. The molecule has 3 N–H and O–H groups in total. The van der Waals surface area contributed by atoms with Gasteiger partial charge in [0.1, 0.15) is 0 Å². The van der Waals surface area contributed by atoms with E-state index in [0.29, 0.717) is 5.89 Å². The van der Waals surface area contributed by atoms with Gasteiger partial charge in [-0.05, 0) is 35.7 Å². The zero-order valence-corrected chi connectivity index (χ0v) is 10.9. The second-order valence-corrected chi connectivity index (χ2v) is 4.97. The molecule has 2 heterocycles. The molecule has 0 saturated heterocycles. The third-order valence-corrected chi connectivity index (χ3v) is 3.66. The second kappa shape index (κ2) is 5.11. The Morgan fingerprint density at radius 2 is 2.05 bits per heavy atom. The number of nitrogens with zero attached hydrogens (tertiary/aromatic N) is 2. The Morgan fingerprint density at radius 3 is 2.68 bits per heavy atom. The molecular weight excluding hydrogens is 260 g/mol. The van der Waals surface area contributed by atoms with E-state index in [2.05, 4.69) is 15.5 Å². The summed E-state index contributed by atoms with van der Waals surface area (Å²) in [5, 5.41) is 12.8. The van der Waals surface area contributed by atoms with Gasteiger partial charge in [-0.25, -0.2) is 0 Å². The van der Waals surface area contributed by atoms with Crippen LogP contribution >= 0.6 is 11.3 Å². The Kier molecular flexibility index (Phi) is 3.16. The molecule has 6 heteroatoms. The molecule has 0 aliphatic carbocycles. The first-order valence-corrected chi connectivity index (χ1v) is 6.63.